The predicted octanol–water partition coefficient (Wildman–Crippen LogP) is 1.62. The van der Waals surface area contributed by atoms with Gasteiger partial charge in [-0.3, -0.25) is 32.8 Å². The molecule has 0 aromatic heterocycles. The molecule has 0 aromatic carbocycles. The van der Waals surface area contributed by atoms with E-state index in [0.717, 1.165) is 11.6 Å². The van der Waals surface area contributed by atoms with E-state index in [1.165, 1.54) is 70.3 Å². The summed E-state index contributed by atoms with van der Waals surface area (Å²) >= 11 is 0. The largest absolute Gasteiger partial charge is 0.469 e. The Hall–Kier alpha value is -5.63. The van der Waals surface area contributed by atoms with Crippen LogP contribution in [0.15, 0.2) is 122 Å². The maximum atomic E-state index is 11.4. The summed E-state index contributed by atoms with van der Waals surface area (Å²) in [5, 5.41) is 19.8. The lowest BCUT2D eigenvalue weighted by atomic mass is 10.0. The Morgan fingerprint density at radius 3 is 1.14 bits per heavy atom. The number of phosphoric acid groups is 1. The molecule has 16 atom stereocenters. The number of nitrogens with one attached hydrogen (secondary N) is 4. The average Bonchev–Trinajstić information content (AvgIpc) is 1.67. The Labute approximate surface area is 562 Å². The molecular formula is C59H93N8O27P3. The van der Waals surface area contributed by atoms with E-state index in [2.05, 4.69) is 52.1 Å². The van der Waals surface area contributed by atoms with E-state index in [-0.39, 0.29) is 61.3 Å². The van der Waals surface area contributed by atoms with Gasteiger partial charge in [-0.25, -0.2) is 4.57 Å². The topological polar surface area (TPSA) is 442 Å². The summed E-state index contributed by atoms with van der Waals surface area (Å²) in [5.41, 5.74) is 0.337. The van der Waals surface area contributed by atoms with Crippen LogP contribution in [0.1, 0.15) is 62.3 Å². The number of ether oxygens (including phenoxy) is 12. The van der Waals surface area contributed by atoms with Gasteiger partial charge in [-0.05, 0) is 74.0 Å². The van der Waals surface area contributed by atoms with Crippen LogP contribution in [0, 0.1) is 0 Å². The SMILES string of the molecule is C=C1NC(=O)C=CN1[C@@H]1O[C@H](/C(C)=C/P(=O)(O)O)C(OC(C)C)[C@@H]1OC.C=C1NC(=O)C=CN1[C@@H]1O[C@H](/C=C/P(=O)(O)O)C(OC(C)C)[C@@H]1OC.C=C1NC(=O)C=CN1[C@@H]1O[C@H](CO)C(OC(C)C)[C@@H]1OC.C=C1NC(=O)C=CN1[C@@H]1O[C@H](COP(=O)(O)O)C(OC(C)C)[C@@H]1OC. The van der Waals surface area contributed by atoms with E-state index in [4.69, 9.17) is 76.4 Å². The summed E-state index contributed by atoms with van der Waals surface area (Å²) in [6.07, 6.45) is 2.38. The molecule has 0 saturated carbocycles. The number of hydrogen-bond donors (Lipinski definition) is 11. The van der Waals surface area contributed by atoms with Crippen LogP contribution < -0.4 is 21.3 Å². The highest BCUT2D eigenvalue weighted by molar-refractivity contribution is 7.55. The lowest BCUT2D eigenvalue weighted by Crippen LogP contribution is -2.48. The second-order valence-electron chi connectivity index (χ2n) is 23.5. The van der Waals surface area contributed by atoms with Crippen LogP contribution in [-0.4, -0.2) is 242 Å². The molecule has 8 rings (SSSR count). The number of carbonyl (C=O) groups is 4. The summed E-state index contributed by atoms with van der Waals surface area (Å²) < 4.78 is 107. The van der Waals surface area contributed by atoms with Gasteiger partial charge in [0.2, 0.25) is 0 Å². The van der Waals surface area contributed by atoms with E-state index in [0.29, 0.717) is 28.9 Å². The normalized spacial score (nSPS) is 30.9. The quantitative estimate of drug-likeness (QED) is 0.0612. The minimum atomic E-state index is -4.66. The van der Waals surface area contributed by atoms with Crippen molar-refractivity contribution in [2.45, 2.75) is 185 Å². The van der Waals surface area contributed by atoms with E-state index in [1.807, 2.05) is 55.4 Å². The first kappa shape index (κ1) is 82.0. The van der Waals surface area contributed by atoms with Crippen molar-refractivity contribution in [1.82, 2.24) is 40.9 Å². The number of aliphatic hydroxyl groups excluding tert-OH is 1. The lowest BCUT2D eigenvalue weighted by Gasteiger charge is -2.34. The minimum absolute atomic E-state index is 0.0242. The van der Waals surface area contributed by atoms with Gasteiger partial charge in [0.15, 0.2) is 24.9 Å². The summed E-state index contributed by atoms with van der Waals surface area (Å²) in [6.45, 7) is 31.0. The fourth-order valence-corrected chi connectivity index (χ4v) is 12.3. The smallest absolute Gasteiger partial charge is 0.394 e. The van der Waals surface area contributed by atoms with Crippen molar-refractivity contribution in [3.8, 4) is 0 Å². The van der Waals surface area contributed by atoms with Crippen LogP contribution in [0.4, 0.5) is 0 Å². The zero-order chi connectivity index (χ0) is 72.8. The van der Waals surface area contributed by atoms with Gasteiger partial charge in [-0.1, -0.05) is 26.3 Å². The van der Waals surface area contributed by atoms with Crippen molar-refractivity contribution in [3.05, 3.63) is 122 Å². The third-order valence-electron chi connectivity index (χ3n) is 14.6. The third kappa shape index (κ3) is 23.5. The van der Waals surface area contributed by atoms with Gasteiger partial charge in [0, 0.05) is 89.2 Å². The first-order chi connectivity index (χ1) is 45.2. The van der Waals surface area contributed by atoms with Crippen molar-refractivity contribution >= 4 is 46.6 Å². The number of phosphoric ester groups is 1. The van der Waals surface area contributed by atoms with Gasteiger partial charge in [0.05, 0.1) is 37.6 Å². The Kier molecular flexibility index (Phi) is 30.5. The molecule has 4 fully saturated rings. The van der Waals surface area contributed by atoms with Crippen molar-refractivity contribution < 1.29 is 129 Å². The molecule has 4 saturated heterocycles. The monoisotopic (exact) mass is 1440 g/mol. The van der Waals surface area contributed by atoms with Gasteiger partial charge in [0.1, 0.15) is 96.5 Å². The fourth-order valence-electron chi connectivity index (χ4n) is 10.9. The Morgan fingerprint density at radius 2 is 0.814 bits per heavy atom. The second kappa shape index (κ2) is 36.1. The van der Waals surface area contributed by atoms with Gasteiger partial charge in [0.25, 0.3) is 23.6 Å². The van der Waals surface area contributed by atoms with E-state index < -0.39 is 121 Å². The van der Waals surface area contributed by atoms with Gasteiger partial charge in [-0.2, -0.15) is 0 Å². The predicted molar refractivity (Wildman–Crippen MR) is 343 cm³/mol. The molecule has 0 aromatic rings. The molecule has 8 aliphatic rings. The lowest BCUT2D eigenvalue weighted by molar-refractivity contribution is -0.119. The maximum Gasteiger partial charge on any atom is 0.469 e. The standard InChI is InChI=1S/C16H25N2O7P.C15H23N2O7P.C14H23N2O8P.C14H22N2O5/c1-9(2)24-14-13(10(3)8-26(20,21)22)25-16(15(14)23-5)18-7-6-12(19)17-11(18)4;1-9(2)23-13-11(6-8-25(19,20)21)24-15(14(13)22-4)17-7-5-12(18)16-10(17)3;1-8(2)23-12-10(7-22-25(18,19)20)24-14(13(12)21-4)16-6-5-11(17)15-9(16)3;1-8(2)20-12-10(7-17)21-14(13(12)19-4)16-6-5-11(18)15-9(16)3/h6-9,13-16H,4H2,1-3,5H3,(H,17,19)(H2,20,21,22);5-9,11,13-15H,3H2,1-2,4H3,(H,16,18)(H2,19,20,21);5-6,8,10,12-14H,3,7H2,1-2,4H3,(H,15,17)(H2,18,19,20);5-6,8,10,12-14,17H,3,7H2,1-2,4H3,(H,15,18)/b10-8+;8-6+;;/t13-,14?,15+,16-;11-,13?,14+,15-;2*10-,12?,13+,14-/m1111/s1. The van der Waals surface area contributed by atoms with Crippen molar-refractivity contribution in [2.75, 3.05) is 41.7 Å². The fraction of sp³-hybridized carbons (Fsp3) is 0.593. The third-order valence-corrected chi connectivity index (χ3v) is 16.4. The number of rotatable bonds is 24. The molecule has 546 valence electrons. The van der Waals surface area contributed by atoms with Crippen LogP contribution in [-0.2, 0) is 94.2 Å². The molecule has 35 nitrogen and oxygen atoms in total. The van der Waals surface area contributed by atoms with Crippen LogP contribution >= 0.6 is 23.0 Å². The van der Waals surface area contributed by atoms with Crippen LogP contribution in [0.3, 0.4) is 0 Å². The Bertz CT molecular complexity index is 3130. The number of hydrogen-bond acceptors (Lipinski definition) is 25. The molecule has 0 spiro atoms. The molecule has 4 unspecified atom stereocenters. The summed E-state index contributed by atoms with van der Waals surface area (Å²) in [5.74, 6) is 1.80. The molecule has 97 heavy (non-hydrogen) atoms. The minimum Gasteiger partial charge on any atom is -0.394 e. The van der Waals surface area contributed by atoms with E-state index >= 15 is 0 Å². The number of amides is 4. The average molecular weight is 1440 g/mol. The number of carbonyl (C=O) groups excluding carboxylic acids is 4. The summed E-state index contributed by atoms with van der Waals surface area (Å²) in [7, 11) is -7.35. The van der Waals surface area contributed by atoms with Gasteiger partial charge < -0.3 is 132 Å². The van der Waals surface area contributed by atoms with E-state index in [1.54, 1.807) is 39.8 Å². The highest BCUT2D eigenvalue weighted by atomic mass is 31.2. The second-order valence-corrected chi connectivity index (χ2v) is 27.6. The highest BCUT2D eigenvalue weighted by Crippen LogP contribution is 2.44. The molecule has 0 aliphatic carbocycles. The number of aliphatic hydroxyl groups is 1. The van der Waals surface area contributed by atoms with Crippen LogP contribution in [0.2, 0.25) is 0 Å². The molecule has 8 heterocycles. The van der Waals surface area contributed by atoms with Crippen molar-refractivity contribution in [3.63, 3.8) is 0 Å². The molecule has 4 amide bonds. The Morgan fingerprint density at radius 1 is 0.495 bits per heavy atom. The summed E-state index contributed by atoms with van der Waals surface area (Å²) in [6, 6.07) is 0. The first-order valence-corrected chi connectivity index (χ1v) is 35.2. The number of nitrogens with zero attached hydrogens (tertiary/aromatic N) is 4. The molecule has 0 radical (unpaired) electrons. The molecule has 8 aliphatic heterocycles. The Balaban J connectivity index is 0.000000234. The zero-order valence-electron chi connectivity index (χ0n) is 56.1. The van der Waals surface area contributed by atoms with Gasteiger partial charge >= 0.3 is 23.0 Å². The van der Waals surface area contributed by atoms with Gasteiger partial charge in [-0.15, -0.1) is 0 Å². The molecule has 38 heteroatoms. The first-order valence-electron chi connectivity index (χ1n) is 30.3. The van der Waals surface area contributed by atoms with E-state index in [9.17, 15) is 47.8 Å². The van der Waals surface area contributed by atoms with Crippen LogP contribution in [0.5, 0.6) is 0 Å². The maximum absolute atomic E-state index is 11.4. The highest BCUT2D eigenvalue weighted by Gasteiger charge is 2.53. The number of methoxy groups -OCH3 is 4. The van der Waals surface area contributed by atoms with Crippen molar-refractivity contribution in [2.24, 2.45) is 0 Å². The molecule has 0 bridgehead atoms. The zero-order valence-corrected chi connectivity index (χ0v) is 58.7. The summed E-state index contributed by atoms with van der Waals surface area (Å²) in [4.78, 5) is 106. The molecule has 11 N–H and O–H groups in total. The molecular weight excluding hydrogens is 1350 g/mol. The van der Waals surface area contributed by atoms with Crippen LogP contribution in [0.25, 0.3) is 0 Å². The van der Waals surface area contributed by atoms with Crippen molar-refractivity contribution in [1.29, 1.82) is 0 Å².